The lowest BCUT2D eigenvalue weighted by Gasteiger charge is -2.61. The van der Waals surface area contributed by atoms with Crippen LogP contribution in [0.5, 0.6) is 0 Å². The van der Waals surface area contributed by atoms with Crippen LogP contribution in [0.25, 0.3) is 0 Å². The number of hydrogen-bond acceptors (Lipinski definition) is 2. The fourth-order valence-corrected chi connectivity index (χ4v) is 6.67. The molecule has 0 radical (unpaired) electrons. The first-order valence-electron chi connectivity index (χ1n) is 10.0. The number of rotatable bonds is 4. The van der Waals surface area contributed by atoms with Crippen molar-refractivity contribution in [2.45, 2.75) is 50.5 Å². The molecule has 0 aliphatic heterocycles. The monoisotopic (exact) mass is 380 g/mol. The maximum Gasteiger partial charge on any atom is 0.226 e. The molecule has 1 heterocycles. The zero-order chi connectivity index (χ0) is 18.5. The largest absolute Gasteiger partial charge is 0.352 e. The molecule has 27 heavy (non-hydrogen) atoms. The first kappa shape index (κ1) is 17.2. The number of carbonyl (C=O) groups is 1. The van der Waals surface area contributed by atoms with Crippen LogP contribution < -0.4 is 5.32 Å². The maximum absolute atomic E-state index is 13.3. The minimum atomic E-state index is -0.198. The third-order valence-electron chi connectivity index (χ3n) is 7.20. The van der Waals surface area contributed by atoms with Crippen LogP contribution in [0.4, 0.5) is 0 Å². The molecule has 0 saturated heterocycles. The van der Waals surface area contributed by atoms with Gasteiger partial charge in [0.2, 0.25) is 5.91 Å². The van der Waals surface area contributed by atoms with Gasteiger partial charge in [-0.05, 0) is 91.2 Å². The Balaban J connectivity index is 1.41. The summed E-state index contributed by atoms with van der Waals surface area (Å²) in [5.74, 6) is 1.61. The van der Waals surface area contributed by atoms with E-state index in [0.717, 1.165) is 29.8 Å². The van der Waals surface area contributed by atoms with Crippen LogP contribution in [0.1, 0.15) is 49.7 Å². The van der Waals surface area contributed by atoms with Gasteiger partial charge in [0.1, 0.15) is 0 Å². The smallest absolute Gasteiger partial charge is 0.226 e. The molecule has 4 aliphatic rings. The number of amides is 1. The summed E-state index contributed by atoms with van der Waals surface area (Å²) in [6.45, 7) is 0.590. The predicted octanol–water partition coefficient (Wildman–Crippen LogP) is 4.89. The molecular formula is C23H25ClN2O. The van der Waals surface area contributed by atoms with Gasteiger partial charge in [0, 0.05) is 24.0 Å². The van der Waals surface area contributed by atoms with E-state index in [4.69, 9.17) is 11.6 Å². The van der Waals surface area contributed by atoms with Crippen molar-refractivity contribution in [3.05, 3.63) is 64.9 Å². The van der Waals surface area contributed by atoms with E-state index in [1.54, 1.807) is 12.4 Å². The molecule has 4 bridgehead atoms. The quantitative estimate of drug-likeness (QED) is 0.820. The summed E-state index contributed by atoms with van der Waals surface area (Å²) < 4.78 is 0. The zero-order valence-electron chi connectivity index (χ0n) is 15.5. The van der Waals surface area contributed by atoms with E-state index in [9.17, 15) is 4.79 Å². The average molecular weight is 381 g/mol. The number of nitrogens with one attached hydrogen (secondary N) is 1. The third-order valence-corrected chi connectivity index (χ3v) is 7.45. The average Bonchev–Trinajstić information content (AvgIpc) is 2.66. The SMILES string of the molecule is O=C(NCc1ccncc1)C12C[C@H]3C[C@H](C1)CC(c1ccc(Cl)cc1)(C3)C2. The fourth-order valence-electron chi connectivity index (χ4n) is 6.54. The van der Waals surface area contributed by atoms with E-state index in [1.165, 1.54) is 24.8 Å². The van der Waals surface area contributed by atoms with Crippen LogP contribution >= 0.6 is 11.6 Å². The van der Waals surface area contributed by atoms with Gasteiger partial charge in [0.25, 0.3) is 0 Å². The molecule has 4 heteroatoms. The molecule has 1 aromatic heterocycles. The molecule has 4 fully saturated rings. The van der Waals surface area contributed by atoms with Crippen molar-refractivity contribution < 1.29 is 4.79 Å². The second kappa shape index (κ2) is 6.34. The molecule has 0 unspecified atom stereocenters. The Morgan fingerprint density at radius 3 is 2.37 bits per heavy atom. The van der Waals surface area contributed by atoms with Crippen molar-refractivity contribution in [2.24, 2.45) is 17.3 Å². The third kappa shape index (κ3) is 2.97. The van der Waals surface area contributed by atoms with Crippen molar-refractivity contribution in [3.63, 3.8) is 0 Å². The zero-order valence-corrected chi connectivity index (χ0v) is 16.2. The Kier molecular flexibility index (Phi) is 4.05. The molecule has 2 atom stereocenters. The van der Waals surface area contributed by atoms with Crippen molar-refractivity contribution >= 4 is 17.5 Å². The Hall–Kier alpha value is -1.87. The standard InChI is InChI=1S/C23H25ClN2O/c24-20-3-1-19(2-4-20)22-10-17-9-18(11-22)13-23(12-17,15-22)21(27)26-14-16-5-7-25-8-6-16/h1-8,17-18H,9-15H2,(H,26,27)/t17-,18-,22?,23?/m0/s1. The summed E-state index contributed by atoms with van der Waals surface area (Å²) in [7, 11) is 0. The van der Waals surface area contributed by atoms with Crippen molar-refractivity contribution in [1.29, 1.82) is 0 Å². The molecule has 2 aromatic rings. The van der Waals surface area contributed by atoms with Gasteiger partial charge in [-0.25, -0.2) is 0 Å². The first-order chi connectivity index (χ1) is 13.1. The van der Waals surface area contributed by atoms with E-state index in [1.807, 2.05) is 24.3 Å². The molecule has 6 rings (SSSR count). The summed E-state index contributed by atoms with van der Waals surface area (Å²) in [6.07, 6.45) is 10.4. The molecule has 140 valence electrons. The Bertz CT molecular complexity index is 834. The van der Waals surface area contributed by atoms with Gasteiger partial charge in [-0.3, -0.25) is 9.78 Å². The number of pyridine rings is 1. The lowest BCUT2D eigenvalue weighted by atomic mass is 9.42. The number of carbonyl (C=O) groups excluding carboxylic acids is 1. The lowest BCUT2D eigenvalue weighted by Crippen LogP contribution is -2.59. The van der Waals surface area contributed by atoms with Crippen molar-refractivity contribution in [3.8, 4) is 0 Å². The van der Waals surface area contributed by atoms with E-state index < -0.39 is 0 Å². The highest BCUT2D eigenvalue weighted by Gasteiger charge is 2.60. The number of hydrogen-bond donors (Lipinski definition) is 1. The van der Waals surface area contributed by atoms with Gasteiger partial charge in [0.05, 0.1) is 5.41 Å². The highest BCUT2D eigenvalue weighted by Crippen LogP contribution is 2.65. The molecule has 1 N–H and O–H groups in total. The summed E-state index contributed by atoms with van der Waals surface area (Å²) in [5.41, 5.74) is 2.45. The number of benzene rings is 1. The van der Waals surface area contributed by atoms with Crippen molar-refractivity contribution in [1.82, 2.24) is 10.3 Å². The number of nitrogens with zero attached hydrogens (tertiary/aromatic N) is 1. The van der Waals surface area contributed by atoms with Crippen LogP contribution in [-0.2, 0) is 16.8 Å². The maximum atomic E-state index is 13.3. The normalized spacial score (nSPS) is 33.8. The lowest BCUT2D eigenvalue weighted by molar-refractivity contribution is -0.149. The van der Waals surface area contributed by atoms with Gasteiger partial charge in [-0.15, -0.1) is 0 Å². The number of aromatic nitrogens is 1. The van der Waals surface area contributed by atoms with Crippen molar-refractivity contribution in [2.75, 3.05) is 0 Å². The van der Waals surface area contributed by atoms with Crippen LogP contribution in [0.3, 0.4) is 0 Å². The summed E-state index contributed by atoms with van der Waals surface area (Å²) in [4.78, 5) is 17.4. The highest BCUT2D eigenvalue weighted by atomic mass is 35.5. The summed E-state index contributed by atoms with van der Waals surface area (Å²) >= 11 is 6.13. The topological polar surface area (TPSA) is 42.0 Å². The van der Waals surface area contributed by atoms with E-state index in [0.29, 0.717) is 18.4 Å². The fraction of sp³-hybridized carbons (Fsp3) is 0.478. The molecule has 3 nitrogen and oxygen atoms in total. The minimum absolute atomic E-state index is 0.155. The second-order valence-corrected chi connectivity index (χ2v) is 9.50. The van der Waals surface area contributed by atoms with Gasteiger partial charge in [0.15, 0.2) is 0 Å². The summed E-state index contributed by atoms with van der Waals surface area (Å²) in [5, 5.41) is 4.03. The molecular weight excluding hydrogens is 356 g/mol. The van der Waals surface area contributed by atoms with Crippen LogP contribution in [0.2, 0.25) is 5.02 Å². The predicted molar refractivity (Wildman–Crippen MR) is 106 cm³/mol. The molecule has 4 saturated carbocycles. The van der Waals surface area contributed by atoms with Gasteiger partial charge >= 0.3 is 0 Å². The Morgan fingerprint density at radius 2 is 1.70 bits per heavy atom. The van der Waals surface area contributed by atoms with E-state index in [2.05, 4.69) is 22.4 Å². The van der Waals surface area contributed by atoms with Gasteiger partial charge < -0.3 is 5.32 Å². The minimum Gasteiger partial charge on any atom is -0.352 e. The Labute approximate surface area is 165 Å². The molecule has 4 aliphatic carbocycles. The van der Waals surface area contributed by atoms with E-state index >= 15 is 0 Å². The van der Waals surface area contributed by atoms with Crippen LogP contribution in [0, 0.1) is 17.3 Å². The molecule has 1 amide bonds. The first-order valence-corrected chi connectivity index (χ1v) is 10.4. The second-order valence-electron chi connectivity index (χ2n) is 9.07. The highest BCUT2D eigenvalue weighted by molar-refractivity contribution is 6.30. The summed E-state index contributed by atoms with van der Waals surface area (Å²) in [6, 6.07) is 12.3. The van der Waals surface area contributed by atoms with Crippen LogP contribution in [0.15, 0.2) is 48.8 Å². The van der Waals surface area contributed by atoms with Gasteiger partial charge in [-0.2, -0.15) is 0 Å². The Morgan fingerprint density at radius 1 is 1.04 bits per heavy atom. The molecule has 1 aromatic carbocycles. The van der Waals surface area contributed by atoms with E-state index in [-0.39, 0.29) is 16.7 Å². The van der Waals surface area contributed by atoms with Crippen LogP contribution in [-0.4, -0.2) is 10.9 Å². The van der Waals surface area contributed by atoms with Gasteiger partial charge in [-0.1, -0.05) is 23.7 Å². The number of halogens is 1. The molecule has 0 spiro atoms.